The molecule has 1 aliphatic heterocycles. The van der Waals surface area contributed by atoms with Crippen molar-refractivity contribution < 1.29 is 0 Å². The summed E-state index contributed by atoms with van der Waals surface area (Å²) in [6.45, 7) is 2.05. The lowest BCUT2D eigenvalue weighted by Gasteiger charge is -2.09. The van der Waals surface area contributed by atoms with Crippen LogP contribution in [0.5, 0.6) is 0 Å². The van der Waals surface area contributed by atoms with Gasteiger partial charge in [-0.3, -0.25) is 15.1 Å². The Morgan fingerprint density at radius 2 is 2.08 bits per heavy atom. The highest BCUT2D eigenvalue weighted by atomic mass is 32.1. The smallest absolute Gasteiger partial charge is 0.189 e. The van der Waals surface area contributed by atoms with Crippen molar-refractivity contribution in [2.24, 2.45) is 7.05 Å². The van der Waals surface area contributed by atoms with E-state index in [1.54, 1.807) is 17.5 Å². The van der Waals surface area contributed by atoms with E-state index in [4.69, 9.17) is 10.1 Å². The first-order valence-corrected chi connectivity index (χ1v) is 9.01. The van der Waals surface area contributed by atoms with Gasteiger partial charge < -0.3 is 0 Å². The first-order chi connectivity index (χ1) is 12.1. The Labute approximate surface area is 148 Å². The van der Waals surface area contributed by atoms with Crippen molar-refractivity contribution in [2.75, 3.05) is 17.5 Å². The quantitative estimate of drug-likeness (QED) is 0.746. The summed E-state index contributed by atoms with van der Waals surface area (Å²) in [7, 11) is 3.86. The molecule has 3 aromatic rings. The molecule has 0 aromatic carbocycles. The summed E-state index contributed by atoms with van der Waals surface area (Å²) >= 11 is 1.79. The maximum absolute atomic E-state index is 4.73. The summed E-state index contributed by atoms with van der Waals surface area (Å²) in [5, 5.41) is 7.67. The Balaban J connectivity index is 1.44. The number of hydrazine groups is 2. The number of rotatable bonds is 3. The number of hydrogen-bond donors (Lipinski definition) is 2. The largest absolute Gasteiger partial charge is 0.285 e. The minimum Gasteiger partial charge on any atom is -0.285 e. The zero-order chi connectivity index (χ0) is 17.1. The molecule has 0 amide bonds. The second kappa shape index (κ2) is 5.24. The lowest BCUT2D eigenvalue weighted by molar-refractivity contribution is 0.745. The SMILES string of the molecule is Cc1ncc(C2CC2c2cc(-c3cnc4c(n3)N(C)NN4)n(C)n2)s1. The van der Waals surface area contributed by atoms with Gasteiger partial charge in [0.05, 0.1) is 22.6 Å². The molecular formula is C16H18N8S. The molecule has 4 heterocycles. The molecule has 1 aliphatic carbocycles. The van der Waals surface area contributed by atoms with Gasteiger partial charge in [-0.2, -0.15) is 5.10 Å². The predicted molar refractivity (Wildman–Crippen MR) is 96.3 cm³/mol. The molecule has 9 heteroatoms. The van der Waals surface area contributed by atoms with Gasteiger partial charge in [-0.15, -0.1) is 16.9 Å². The predicted octanol–water partition coefficient (Wildman–Crippen LogP) is 2.19. The van der Waals surface area contributed by atoms with E-state index >= 15 is 0 Å². The molecule has 8 nitrogen and oxygen atoms in total. The molecule has 0 saturated heterocycles. The molecule has 1 fully saturated rings. The van der Waals surface area contributed by atoms with Crippen LogP contribution in [0.15, 0.2) is 18.5 Å². The summed E-state index contributed by atoms with van der Waals surface area (Å²) in [6, 6.07) is 2.14. The fraction of sp³-hybridized carbons (Fsp3) is 0.375. The zero-order valence-electron chi connectivity index (χ0n) is 14.2. The molecule has 1 saturated carbocycles. The van der Waals surface area contributed by atoms with Crippen LogP contribution in [0.1, 0.15) is 33.8 Å². The third-order valence-corrected chi connectivity index (χ3v) is 5.79. The summed E-state index contributed by atoms with van der Waals surface area (Å²) in [6.07, 6.45) is 4.94. The van der Waals surface area contributed by atoms with Crippen molar-refractivity contribution in [2.45, 2.75) is 25.2 Å². The average Bonchev–Trinajstić information content (AvgIpc) is 2.91. The molecule has 0 spiro atoms. The number of aryl methyl sites for hydroxylation is 2. The van der Waals surface area contributed by atoms with Gasteiger partial charge in [0, 0.05) is 37.0 Å². The van der Waals surface area contributed by atoms with Crippen molar-refractivity contribution in [3.05, 3.63) is 34.0 Å². The number of nitrogens with zero attached hydrogens (tertiary/aromatic N) is 6. The van der Waals surface area contributed by atoms with E-state index in [9.17, 15) is 0 Å². The Bertz CT molecular complexity index is 961. The van der Waals surface area contributed by atoms with Gasteiger partial charge in [0.1, 0.15) is 5.69 Å². The highest BCUT2D eigenvalue weighted by molar-refractivity contribution is 7.11. The summed E-state index contributed by atoms with van der Waals surface area (Å²) < 4.78 is 1.90. The van der Waals surface area contributed by atoms with E-state index < -0.39 is 0 Å². The van der Waals surface area contributed by atoms with Crippen LogP contribution in [-0.4, -0.2) is 31.8 Å². The number of thiazole rings is 1. The third kappa shape index (κ3) is 2.38. The van der Waals surface area contributed by atoms with Crippen LogP contribution in [0.2, 0.25) is 0 Å². The van der Waals surface area contributed by atoms with Crippen molar-refractivity contribution in [3.8, 4) is 11.4 Å². The standard InChI is InChI=1S/C16H18N8S/c1-8-17-7-14(25-8)10-4-9(10)11-5-13(23(2)21-11)12-6-18-15-16(19-12)24(3)22-20-15/h5-7,9-10,22H,4H2,1-3H3,(H,18,20). The van der Waals surface area contributed by atoms with Crippen molar-refractivity contribution in [1.29, 1.82) is 0 Å². The topological polar surface area (TPSA) is 83.8 Å². The van der Waals surface area contributed by atoms with Crippen LogP contribution < -0.4 is 16.0 Å². The lowest BCUT2D eigenvalue weighted by Crippen LogP contribution is -2.32. The maximum Gasteiger partial charge on any atom is 0.189 e. The minimum absolute atomic E-state index is 0.480. The molecule has 2 aliphatic rings. The van der Waals surface area contributed by atoms with Gasteiger partial charge in [-0.1, -0.05) is 0 Å². The number of fused-ring (bicyclic) bond motifs is 1. The Morgan fingerprint density at radius 1 is 1.20 bits per heavy atom. The molecule has 2 unspecified atom stereocenters. The van der Waals surface area contributed by atoms with Gasteiger partial charge in [-0.05, 0) is 19.4 Å². The molecule has 25 heavy (non-hydrogen) atoms. The third-order valence-electron chi connectivity index (χ3n) is 4.75. The fourth-order valence-electron chi connectivity index (χ4n) is 3.31. The average molecular weight is 354 g/mol. The molecule has 128 valence electrons. The zero-order valence-corrected chi connectivity index (χ0v) is 15.0. The molecule has 0 radical (unpaired) electrons. The monoisotopic (exact) mass is 354 g/mol. The Kier molecular flexibility index (Phi) is 3.10. The van der Waals surface area contributed by atoms with Crippen molar-refractivity contribution in [3.63, 3.8) is 0 Å². The normalized spacial score (nSPS) is 21.3. The molecule has 3 aromatic heterocycles. The van der Waals surface area contributed by atoms with E-state index in [0.717, 1.165) is 40.1 Å². The first-order valence-electron chi connectivity index (χ1n) is 8.19. The highest BCUT2D eigenvalue weighted by Gasteiger charge is 2.42. The van der Waals surface area contributed by atoms with Gasteiger partial charge in [-0.25, -0.2) is 15.0 Å². The number of anilines is 2. The Hall–Kier alpha value is -2.52. The number of aromatic nitrogens is 5. The number of nitrogens with one attached hydrogen (secondary N) is 2. The van der Waals surface area contributed by atoms with Gasteiger partial charge >= 0.3 is 0 Å². The van der Waals surface area contributed by atoms with Crippen molar-refractivity contribution in [1.82, 2.24) is 30.3 Å². The minimum atomic E-state index is 0.480. The van der Waals surface area contributed by atoms with E-state index in [1.165, 1.54) is 4.88 Å². The fourth-order valence-corrected chi connectivity index (χ4v) is 4.27. The lowest BCUT2D eigenvalue weighted by atomic mass is 10.2. The summed E-state index contributed by atoms with van der Waals surface area (Å²) in [5.74, 6) is 2.55. The van der Waals surface area contributed by atoms with Gasteiger partial charge in [0.15, 0.2) is 11.6 Å². The van der Waals surface area contributed by atoms with Crippen LogP contribution in [0.4, 0.5) is 11.6 Å². The molecular weight excluding hydrogens is 336 g/mol. The highest BCUT2D eigenvalue weighted by Crippen LogP contribution is 2.55. The van der Waals surface area contributed by atoms with E-state index in [0.29, 0.717) is 11.8 Å². The van der Waals surface area contributed by atoms with E-state index in [1.807, 2.05) is 30.0 Å². The van der Waals surface area contributed by atoms with Gasteiger partial charge in [0.2, 0.25) is 0 Å². The van der Waals surface area contributed by atoms with Crippen LogP contribution in [0.3, 0.4) is 0 Å². The molecule has 2 atom stereocenters. The van der Waals surface area contributed by atoms with Crippen LogP contribution in [0, 0.1) is 6.92 Å². The molecule has 2 N–H and O–H groups in total. The molecule has 5 rings (SSSR count). The van der Waals surface area contributed by atoms with Crippen LogP contribution >= 0.6 is 11.3 Å². The Morgan fingerprint density at radius 3 is 2.88 bits per heavy atom. The number of hydrogen-bond acceptors (Lipinski definition) is 8. The van der Waals surface area contributed by atoms with Gasteiger partial charge in [0.25, 0.3) is 0 Å². The summed E-state index contributed by atoms with van der Waals surface area (Å²) in [4.78, 5) is 14.9. The van der Waals surface area contributed by atoms with E-state index in [-0.39, 0.29) is 0 Å². The second-order valence-corrected chi connectivity index (χ2v) is 7.80. The summed E-state index contributed by atoms with van der Waals surface area (Å²) in [5.41, 5.74) is 8.88. The molecule has 0 bridgehead atoms. The first kappa shape index (κ1) is 14.8. The van der Waals surface area contributed by atoms with Crippen molar-refractivity contribution >= 4 is 23.0 Å². The van der Waals surface area contributed by atoms with E-state index in [2.05, 4.69) is 33.9 Å². The van der Waals surface area contributed by atoms with Crippen LogP contribution in [-0.2, 0) is 7.05 Å². The second-order valence-electron chi connectivity index (χ2n) is 6.53. The maximum atomic E-state index is 4.73. The van der Waals surface area contributed by atoms with Crippen LogP contribution in [0.25, 0.3) is 11.4 Å².